The van der Waals surface area contributed by atoms with Crippen LogP contribution < -0.4 is 14.3 Å². The predicted molar refractivity (Wildman–Crippen MR) is 153 cm³/mol. The van der Waals surface area contributed by atoms with Crippen molar-refractivity contribution in [1.82, 2.24) is 8.87 Å². The zero-order valence-electron chi connectivity index (χ0n) is 23.0. The normalized spacial score (nSPS) is 23.1. The smallest absolute Gasteiger partial charge is 0.243 e. The second kappa shape index (κ2) is 11.8. The van der Waals surface area contributed by atoms with Gasteiger partial charge in [-0.05, 0) is 60.7 Å². The van der Waals surface area contributed by atoms with Gasteiger partial charge in [-0.2, -0.15) is 4.31 Å². The molecule has 2 fully saturated rings. The van der Waals surface area contributed by atoms with Crippen LogP contribution in [0, 0.1) is 11.8 Å². The summed E-state index contributed by atoms with van der Waals surface area (Å²) in [4.78, 5) is 6.19. The van der Waals surface area contributed by atoms with Gasteiger partial charge in [0.1, 0.15) is 11.5 Å². The molecule has 5 rings (SSSR count). The van der Waals surface area contributed by atoms with E-state index in [1.54, 1.807) is 49.8 Å². The molecule has 2 aliphatic rings. The first-order chi connectivity index (χ1) is 18.8. The summed E-state index contributed by atoms with van der Waals surface area (Å²) in [5, 5.41) is 2.14. The molecule has 39 heavy (non-hydrogen) atoms. The number of hydrogen-bond donors (Lipinski definition) is 0. The highest BCUT2D eigenvalue weighted by Crippen LogP contribution is 2.42. The van der Waals surface area contributed by atoms with Crippen LogP contribution in [0.2, 0.25) is 0 Å². The summed E-state index contributed by atoms with van der Waals surface area (Å²) in [6.45, 7) is 6.25. The molecule has 0 radical (unpaired) electrons. The van der Waals surface area contributed by atoms with Crippen molar-refractivity contribution >= 4 is 27.0 Å². The van der Waals surface area contributed by atoms with Crippen LogP contribution in [0.4, 0.5) is 5.69 Å². The minimum Gasteiger partial charge on any atom is -0.497 e. The minimum atomic E-state index is -3.55. The molecular formula is C29H37N3O5S2. The maximum absolute atomic E-state index is 13.1. The molecule has 10 heteroatoms. The van der Waals surface area contributed by atoms with Gasteiger partial charge >= 0.3 is 0 Å². The molecule has 0 amide bonds. The number of thiazole rings is 1. The number of nitrogens with zero attached hydrogens (tertiary/aromatic N) is 3. The first-order valence-electron chi connectivity index (χ1n) is 13.5. The summed E-state index contributed by atoms with van der Waals surface area (Å²) in [5.41, 5.74) is 2.73. The molecule has 1 aromatic heterocycles. The molecule has 0 bridgehead atoms. The summed E-state index contributed by atoms with van der Waals surface area (Å²) >= 11 is 1.59. The molecule has 1 aliphatic heterocycles. The molecule has 3 atom stereocenters. The van der Waals surface area contributed by atoms with Crippen LogP contribution in [-0.2, 0) is 14.8 Å². The lowest BCUT2D eigenvalue weighted by Crippen LogP contribution is -2.40. The van der Waals surface area contributed by atoms with Crippen molar-refractivity contribution in [3.05, 3.63) is 52.6 Å². The van der Waals surface area contributed by atoms with Crippen molar-refractivity contribution in [2.24, 2.45) is 16.8 Å². The van der Waals surface area contributed by atoms with Crippen LogP contribution >= 0.6 is 11.3 Å². The predicted octanol–water partition coefficient (Wildman–Crippen LogP) is 5.48. The summed E-state index contributed by atoms with van der Waals surface area (Å²) in [6.07, 6.45) is 3.47. The Balaban J connectivity index is 1.58. The molecule has 1 saturated carbocycles. The highest BCUT2D eigenvalue weighted by atomic mass is 32.2. The molecule has 3 unspecified atom stereocenters. The van der Waals surface area contributed by atoms with E-state index in [0.717, 1.165) is 34.0 Å². The average molecular weight is 572 g/mol. The van der Waals surface area contributed by atoms with Crippen LogP contribution in [0.3, 0.4) is 0 Å². The van der Waals surface area contributed by atoms with Crippen molar-refractivity contribution in [2.75, 3.05) is 40.5 Å². The van der Waals surface area contributed by atoms with E-state index in [1.807, 2.05) is 18.2 Å². The quantitative estimate of drug-likeness (QED) is 0.375. The van der Waals surface area contributed by atoms with Crippen LogP contribution in [0.15, 0.2) is 57.7 Å². The van der Waals surface area contributed by atoms with Crippen LogP contribution in [-0.4, -0.2) is 57.8 Å². The Morgan fingerprint density at radius 1 is 1.00 bits per heavy atom. The molecule has 1 aliphatic carbocycles. The number of sulfonamides is 1. The lowest BCUT2D eigenvalue weighted by Gasteiger charge is -2.36. The van der Waals surface area contributed by atoms with E-state index in [2.05, 4.69) is 23.8 Å². The zero-order valence-corrected chi connectivity index (χ0v) is 24.6. The number of aromatic nitrogens is 1. The maximum atomic E-state index is 13.1. The number of morpholine rings is 1. The molecule has 2 heterocycles. The van der Waals surface area contributed by atoms with E-state index in [1.165, 1.54) is 17.1 Å². The van der Waals surface area contributed by atoms with Gasteiger partial charge in [0.2, 0.25) is 10.0 Å². The summed E-state index contributed by atoms with van der Waals surface area (Å²) in [5.74, 6) is 2.63. The second-order valence-corrected chi connectivity index (χ2v) is 13.1. The highest BCUT2D eigenvalue weighted by molar-refractivity contribution is 7.89. The van der Waals surface area contributed by atoms with Crippen molar-refractivity contribution in [2.45, 2.75) is 44.0 Å². The number of methoxy groups -OCH3 is 2. The topological polar surface area (TPSA) is 82.4 Å². The molecule has 210 valence electrons. The Morgan fingerprint density at radius 2 is 1.74 bits per heavy atom. The third kappa shape index (κ3) is 5.66. The summed E-state index contributed by atoms with van der Waals surface area (Å²) < 4.78 is 46.6. The Labute approximate surface area is 234 Å². The Kier molecular flexibility index (Phi) is 8.46. The highest BCUT2D eigenvalue weighted by Gasteiger charge is 2.31. The lowest BCUT2D eigenvalue weighted by molar-refractivity contribution is 0.0730. The second-order valence-electron chi connectivity index (χ2n) is 10.3. The molecule has 0 spiro atoms. The fraction of sp³-hybridized carbons (Fsp3) is 0.483. The van der Waals surface area contributed by atoms with Gasteiger partial charge in [-0.3, -0.25) is 0 Å². The number of hydrogen-bond acceptors (Lipinski definition) is 7. The van der Waals surface area contributed by atoms with Crippen LogP contribution in [0.1, 0.15) is 39.2 Å². The van der Waals surface area contributed by atoms with Gasteiger partial charge in [-0.15, -0.1) is 11.3 Å². The first kappa shape index (κ1) is 27.9. The van der Waals surface area contributed by atoms with Gasteiger partial charge in [0, 0.05) is 30.1 Å². The summed E-state index contributed by atoms with van der Waals surface area (Å²) in [7, 11) is -0.199. The number of benzene rings is 2. The van der Waals surface area contributed by atoms with Gasteiger partial charge < -0.3 is 18.8 Å². The fourth-order valence-electron chi connectivity index (χ4n) is 5.59. The van der Waals surface area contributed by atoms with E-state index in [4.69, 9.17) is 19.2 Å². The van der Waals surface area contributed by atoms with E-state index >= 15 is 0 Å². The van der Waals surface area contributed by atoms with Crippen molar-refractivity contribution in [3.8, 4) is 22.8 Å². The van der Waals surface area contributed by atoms with E-state index in [0.29, 0.717) is 43.8 Å². The molecular weight excluding hydrogens is 534 g/mol. The standard InChI is InChI=1S/C29H37N3O5S2/c1-20-6-5-7-26(21(20)2)32-27(25-18-23(35-3)10-13-28(25)36-4)19-38-29(32)30-22-8-11-24(12-9-22)39(33,34)31-14-16-37-17-15-31/h8-13,18-21,26H,5-7,14-17H2,1-4H3. The largest absolute Gasteiger partial charge is 0.497 e. The molecule has 2 aromatic carbocycles. The molecule has 3 aromatic rings. The Morgan fingerprint density at radius 3 is 2.44 bits per heavy atom. The average Bonchev–Trinajstić information content (AvgIpc) is 3.37. The lowest BCUT2D eigenvalue weighted by atomic mass is 9.78. The van der Waals surface area contributed by atoms with Gasteiger partial charge in [0.15, 0.2) is 4.80 Å². The molecule has 8 nitrogen and oxygen atoms in total. The number of rotatable bonds is 7. The van der Waals surface area contributed by atoms with Gasteiger partial charge in [-0.25, -0.2) is 13.4 Å². The fourth-order valence-corrected chi connectivity index (χ4v) is 7.96. The number of ether oxygens (including phenoxy) is 3. The minimum absolute atomic E-state index is 0.277. The maximum Gasteiger partial charge on any atom is 0.243 e. The van der Waals surface area contributed by atoms with Crippen molar-refractivity contribution in [1.29, 1.82) is 0 Å². The van der Waals surface area contributed by atoms with Crippen molar-refractivity contribution < 1.29 is 22.6 Å². The summed E-state index contributed by atoms with van der Waals surface area (Å²) in [6, 6.07) is 13.0. The Hall–Kier alpha value is -2.66. The van der Waals surface area contributed by atoms with Crippen LogP contribution in [0.25, 0.3) is 11.3 Å². The van der Waals surface area contributed by atoms with Crippen LogP contribution in [0.5, 0.6) is 11.5 Å². The van der Waals surface area contributed by atoms with Gasteiger partial charge in [0.25, 0.3) is 0 Å². The Bertz CT molecular complexity index is 1460. The molecule has 1 saturated heterocycles. The van der Waals surface area contributed by atoms with E-state index in [9.17, 15) is 8.42 Å². The van der Waals surface area contributed by atoms with Gasteiger partial charge in [0.05, 0.1) is 43.7 Å². The first-order valence-corrected chi connectivity index (χ1v) is 15.8. The van der Waals surface area contributed by atoms with Crippen molar-refractivity contribution in [3.63, 3.8) is 0 Å². The SMILES string of the molecule is COc1ccc(OC)c(-c2csc(=Nc3ccc(S(=O)(=O)N4CCOCC4)cc3)n2C2CCCC(C)C2C)c1. The zero-order chi connectivity index (χ0) is 27.6. The van der Waals surface area contributed by atoms with Gasteiger partial charge in [-0.1, -0.05) is 26.7 Å². The third-order valence-corrected chi connectivity index (χ3v) is 10.8. The molecule has 0 N–H and O–H groups in total. The van der Waals surface area contributed by atoms with E-state index < -0.39 is 10.0 Å². The third-order valence-electron chi connectivity index (χ3n) is 8.09. The monoisotopic (exact) mass is 571 g/mol. The van der Waals surface area contributed by atoms with E-state index in [-0.39, 0.29) is 10.9 Å².